The summed E-state index contributed by atoms with van der Waals surface area (Å²) in [5, 5.41) is 14.7. The van der Waals surface area contributed by atoms with E-state index in [0.29, 0.717) is 29.6 Å². The molecule has 1 aromatic heterocycles. The third kappa shape index (κ3) is 4.36. The zero-order valence-corrected chi connectivity index (χ0v) is 15.9. The molecular formula is C19H23N5O4. The summed E-state index contributed by atoms with van der Waals surface area (Å²) in [7, 11) is 0. The van der Waals surface area contributed by atoms with Crippen LogP contribution in [0.4, 0.5) is 23.0 Å². The maximum absolute atomic E-state index is 11.8. The second-order valence-electron chi connectivity index (χ2n) is 6.77. The molecule has 0 spiro atoms. The third-order valence-electron chi connectivity index (χ3n) is 4.60. The van der Waals surface area contributed by atoms with Crippen molar-refractivity contribution in [2.45, 2.75) is 26.7 Å². The zero-order chi connectivity index (χ0) is 20.1. The molecule has 0 radical (unpaired) electrons. The molecule has 148 valence electrons. The van der Waals surface area contributed by atoms with Crippen LogP contribution in [0.2, 0.25) is 0 Å². The summed E-state index contributed by atoms with van der Waals surface area (Å²) in [5.41, 5.74) is 0.839. The monoisotopic (exact) mass is 385 g/mol. The first-order chi connectivity index (χ1) is 13.5. The van der Waals surface area contributed by atoms with Crippen LogP contribution < -0.4 is 10.2 Å². The van der Waals surface area contributed by atoms with Gasteiger partial charge < -0.3 is 15.0 Å². The number of rotatable bonds is 6. The van der Waals surface area contributed by atoms with Gasteiger partial charge in [0.05, 0.1) is 17.1 Å². The number of aromatic nitrogens is 2. The number of carbonyl (C=O) groups excluding carboxylic acids is 1. The third-order valence-corrected chi connectivity index (χ3v) is 4.60. The van der Waals surface area contributed by atoms with E-state index in [-0.39, 0.29) is 11.5 Å². The summed E-state index contributed by atoms with van der Waals surface area (Å²) in [6.07, 6.45) is 3.41. The van der Waals surface area contributed by atoms with Crippen molar-refractivity contribution < 1.29 is 14.5 Å². The van der Waals surface area contributed by atoms with Gasteiger partial charge in [0.2, 0.25) is 11.6 Å². The van der Waals surface area contributed by atoms with E-state index in [1.807, 2.05) is 4.90 Å². The normalized spacial score (nSPS) is 16.5. The van der Waals surface area contributed by atoms with E-state index < -0.39 is 10.9 Å². The Morgan fingerprint density at radius 1 is 1.36 bits per heavy atom. The van der Waals surface area contributed by atoms with Gasteiger partial charge in [-0.3, -0.25) is 10.1 Å². The second kappa shape index (κ2) is 8.64. The fourth-order valence-corrected chi connectivity index (χ4v) is 3.28. The van der Waals surface area contributed by atoms with Gasteiger partial charge in [-0.25, -0.2) is 14.8 Å². The van der Waals surface area contributed by atoms with Crippen LogP contribution >= 0.6 is 0 Å². The Morgan fingerprint density at radius 3 is 2.75 bits per heavy atom. The van der Waals surface area contributed by atoms with Crippen molar-refractivity contribution in [3.8, 4) is 0 Å². The molecule has 2 heterocycles. The quantitative estimate of drug-likeness (QED) is 0.457. The molecule has 1 unspecified atom stereocenters. The number of ether oxygens (including phenoxy) is 1. The molecule has 0 bridgehead atoms. The van der Waals surface area contributed by atoms with Gasteiger partial charge >= 0.3 is 11.7 Å². The number of benzene rings is 1. The maximum atomic E-state index is 11.8. The fraction of sp³-hybridized carbons (Fsp3) is 0.421. The lowest BCUT2D eigenvalue weighted by atomic mass is 10.0. The van der Waals surface area contributed by atoms with Crippen LogP contribution in [0, 0.1) is 16.0 Å². The number of hydrogen-bond donors (Lipinski definition) is 1. The van der Waals surface area contributed by atoms with Gasteiger partial charge in [-0.05, 0) is 49.9 Å². The van der Waals surface area contributed by atoms with E-state index in [4.69, 9.17) is 4.74 Å². The summed E-state index contributed by atoms with van der Waals surface area (Å²) in [6, 6.07) is 6.50. The summed E-state index contributed by atoms with van der Waals surface area (Å²) in [5.74, 6) is 0.494. The molecule has 28 heavy (non-hydrogen) atoms. The Bertz CT molecular complexity index is 856. The number of nitro groups is 1. The van der Waals surface area contributed by atoms with Crippen LogP contribution in [0.15, 0.2) is 30.6 Å². The van der Waals surface area contributed by atoms with Gasteiger partial charge in [-0.15, -0.1) is 0 Å². The first-order valence-corrected chi connectivity index (χ1v) is 9.28. The van der Waals surface area contributed by atoms with E-state index in [1.54, 1.807) is 31.2 Å². The topological polar surface area (TPSA) is 110 Å². The minimum Gasteiger partial charge on any atom is -0.462 e. The highest BCUT2D eigenvalue weighted by Crippen LogP contribution is 2.35. The van der Waals surface area contributed by atoms with Crippen LogP contribution in [0.25, 0.3) is 0 Å². The van der Waals surface area contributed by atoms with E-state index in [0.717, 1.165) is 25.9 Å². The number of carbonyl (C=O) groups is 1. The highest BCUT2D eigenvalue weighted by Gasteiger charge is 2.29. The Kier molecular flexibility index (Phi) is 6.03. The predicted octanol–water partition coefficient (Wildman–Crippen LogP) is 3.54. The molecule has 1 fully saturated rings. The Morgan fingerprint density at radius 2 is 2.11 bits per heavy atom. The minimum absolute atomic E-state index is 0.122. The van der Waals surface area contributed by atoms with Crippen molar-refractivity contribution in [1.82, 2.24) is 9.97 Å². The van der Waals surface area contributed by atoms with Crippen LogP contribution in [-0.4, -0.2) is 40.6 Å². The molecule has 1 aliphatic rings. The minimum atomic E-state index is -0.454. The predicted molar refractivity (Wildman–Crippen MR) is 105 cm³/mol. The van der Waals surface area contributed by atoms with Crippen molar-refractivity contribution in [3.63, 3.8) is 0 Å². The van der Waals surface area contributed by atoms with E-state index in [1.165, 1.54) is 6.33 Å². The van der Waals surface area contributed by atoms with Crippen LogP contribution in [0.1, 0.15) is 37.0 Å². The van der Waals surface area contributed by atoms with Crippen molar-refractivity contribution in [2.75, 3.05) is 29.9 Å². The Labute approximate surface area is 162 Å². The van der Waals surface area contributed by atoms with Gasteiger partial charge in [-0.2, -0.15) is 0 Å². The molecule has 9 nitrogen and oxygen atoms in total. The molecule has 2 aromatic rings. The van der Waals surface area contributed by atoms with Gasteiger partial charge in [-0.1, -0.05) is 6.92 Å². The van der Waals surface area contributed by atoms with Gasteiger partial charge in [0.15, 0.2) is 0 Å². The van der Waals surface area contributed by atoms with Crippen LogP contribution in [-0.2, 0) is 4.74 Å². The molecule has 1 saturated heterocycles. The first-order valence-electron chi connectivity index (χ1n) is 9.28. The van der Waals surface area contributed by atoms with E-state index in [9.17, 15) is 14.9 Å². The summed E-state index contributed by atoms with van der Waals surface area (Å²) in [6.45, 7) is 5.62. The molecule has 1 atom stereocenters. The van der Waals surface area contributed by atoms with Crippen molar-refractivity contribution in [1.29, 1.82) is 0 Å². The maximum Gasteiger partial charge on any atom is 0.353 e. The van der Waals surface area contributed by atoms with Gasteiger partial charge in [0, 0.05) is 18.8 Å². The van der Waals surface area contributed by atoms with Crippen molar-refractivity contribution >= 4 is 29.0 Å². The SMILES string of the molecule is CCOC(=O)c1ccc(Nc2ncnc(N3CCCC(C)C3)c2[N+](=O)[O-])cc1. The smallest absolute Gasteiger partial charge is 0.353 e. The first kappa shape index (κ1) is 19.5. The van der Waals surface area contributed by atoms with Gasteiger partial charge in [0.1, 0.15) is 6.33 Å². The van der Waals surface area contributed by atoms with Crippen molar-refractivity contribution in [2.24, 2.45) is 5.92 Å². The fourth-order valence-electron chi connectivity index (χ4n) is 3.28. The number of piperidine rings is 1. The number of nitrogens with zero attached hydrogens (tertiary/aromatic N) is 4. The number of hydrogen-bond acceptors (Lipinski definition) is 8. The van der Waals surface area contributed by atoms with E-state index >= 15 is 0 Å². The summed E-state index contributed by atoms with van der Waals surface area (Å²) < 4.78 is 4.95. The lowest BCUT2D eigenvalue weighted by Gasteiger charge is -2.31. The van der Waals surface area contributed by atoms with Gasteiger partial charge in [0.25, 0.3) is 0 Å². The van der Waals surface area contributed by atoms with Crippen molar-refractivity contribution in [3.05, 3.63) is 46.3 Å². The molecule has 0 aliphatic carbocycles. The van der Waals surface area contributed by atoms with Crippen LogP contribution in [0.3, 0.4) is 0 Å². The molecule has 1 aromatic carbocycles. The summed E-state index contributed by atoms with van der Waals surface area (Å²) >= 11 is 0. The molecule has 0 amide bonds. The molecule has 3 rings (SSSR count). The second-order valence-corrected chi connectivity index (χ2v) is 6.77. The molecular weight excluding hydrogens is 362 g/mol. The number of esters is 1. The molecule has 1 N–H and O–H groups in total. The molecule has 0 saturated carbocycles. The number of anilines is 3. The van der Waals surface area contributed by atoms with Crippen LogP contribution in [0.5, 0.6) is 0 Å². The Hall–Kier alpha value is -3.23. The lowest BCUT2D eigenvalue weighted by Crippen LogP contribution is -2.35. The number of nitrogens with one attached hydrogen (secondary N) is 1. The Balaban J connectivity index is 1.86. The highest BCUT2D eigenvalue weighted by molar-refractivity contribution is 5.90. The summed E-state index contributed by atoms with van der Waals surface area (Å²) in [4.78, 5) is 33.3. The molecule has 1 aliphatic heterocycles. The molecule has 9 heteroatoms. The highest BCUT2D eigenvalue weighted by atomic mass is 16.6. The zero-order valence-electron chi connectivity index (χ0n) is 15.9. The lowest BCUT2D eigenvalue weighted by molar-refractivity contribution is -0.383. The standard InChI is InChI=1S/C19H23N5O4/c1-3-28-19(25)14-6-8-15(9-7-14)22-17-16(24(26)27)18(21-12-20-17)23-10-4-5-13(2)11-23/h6-9,12-13H,3-5,10-11H2,1-2H3,(H,20,21,22). The average Bonchev–Trinajstić information content (AvgIpc) is 2.68. The van der Waals surface area contributed by atoms with E-state index in [2.05, 4.69) is 22.2 Å². The largest absolute Gasteiger partial charge is 0.462 e. The average molecular weight is 385 g/mol.